The summed E-state index contributed by atoms with van der Waals surface area (Å²) in [5.41, 5.74) is -0.0803. The number of pyridine rings is 1. The van der Waals surface area contributed by atoms with E-state index < -0.39 is 13.7 Å². The van der Waals surface area contributed by atoms with E-state index in [4.69, 9.17) is 14.2 Å². The summed E-state index contributed by atoms with van der Waals surface area (Å²) >= 11 is 3.35. The van der Waals surface area contributed by atoms with Gasteiger partial charge in [0.05, 0.1) is 12.8 Å². The molecule has 0 amide bonds. The van der Waals surface area contributed by atoms with Crippen LogP contribution >= 0.6 is 15.9 Å². The van der Waals surface area contributed by atoms with Crippen LogP contribution in [0.3, 0.4) is 0 Å². The fourth-order valence-electron chi connectivity index (χ4n) is 2.90. The molecule has 0 radical (unpaired) electrons. The Labute approximate surface area is 217 Å². The fraction of sp³-hybridized carbons (Fsp3) is 0.583. The number of aromatic nitrogens is 3. The topological polar surface area (TPSA) is 111 Å². The molecular formula is C24H36BrN5O4Si. The second-order valence-electron chi connectivity index (χ2n) is 10.4. The van der Waals surface area contributed by atoms with Gasteiger partial charge in [0.25, 0.3) is 0 Å². The fourth-order valence-corrected chi connectivity index (χ4v) is 4.12. The van der Waals surface area contributed by atoms with Crippen molar-refractivity contribution in [2.75, 3.05) is 18.5 Å². The number of rotatable bonds is 13. The molecule has 0 atom stereocenters. The number of carbonyl (C=O) groups excluding carboxylic acids is 1. The summed E-state index contributed by atoms with van der Waals surface area (Å²) in [7, 11) is -1.19. The molecule has 0 saturated heterocycles. The Balaban J connectivity index is 1.87. The van der Waals surface area contributed by atoms with E-state index in [0.717, 1.165) is 12.5 Å². The SMILES string of the molecule is CC(C)(C)OC(=O)CCCCOc1ccc(Nc2c(C#N)c(Br)nn2COCC[Si](C)(C)C)nc1. The molecule has 11 heteroatoms. The van der Waals surface area contributed by atoms with Crippen molar-refractivity contribution in [2.45, 2.75) is 78.1 Å². The van der Waals surface area contributed by atoms with E-state index in [-0.39, 0.29) is 12.7 Å². The monoisotopic (exact) mass is 565 g/mol. The smallest absolute Gasteiger partial charge is 0.306 e. The molecule has 0 unspecified atom stereocenters. The molecule has 2 aromatic rings. The third kappa shape index (κ3) is 10.8. The molecule has 0 bridgehead atoms. The minimum atomic E-state index is -1.19. The lowest BCUT2D eigenvalue weighted by Gasteiger charge is -2.19. The molecule has 0 aliphatic heterocycles. The van der Waals surface area contributed by atoms with Crippen molar-refractivity contribution in [2.24, 2.45) is 0 Å². The van der Waals surface area contributed by atoms with E-state index in [2.05, 4.69) is 57.0 Å². The maximum Gasteiger partial charge on any atom is 0.306 e. The first kappa shape index (κ1) is 28.8. The van der Waals surface area contributed by atoms with E-state index in [0.29, 0.717) is 53.6 Å². The van der Waals surface area contributed by atoms with Gasteiger partial charge in [-0.05, 0) is 67.7 Å². The molecule has 1 N–H and O–H groups in total. The Morgan fingerprint density at radius 2 is 1.97 bits per heavy atom. The van der Waals surface area contributed by atoms with Crippen LogP contribution in [0.15, 0.2) is 22.9 Å². The van der Waals surface area contributed by atoms with Crippen molar-refractivity contribution in [1.29, 1.82) is 5.26 Å². The minimum Gasteiger partial charge on any atom is -0.492 e. The highest BCUT2D eigenvalue weighted by Crippen LogP contribution is 2.27. The second kappa shape index (κ2) is 13.0. The highest BCUT2D eigenvalue weighted by Gasteiger charge is 2.18. The molecule has 35 heavy (non-hydrogen) atoms. The summed E-state index contributed by atoms with van der Waals surface area (Å²) in [5.74, 6) is 1.49. The Kier molecular flexibility index (Phi) is 10.7. The van der Waals surface area contributed by atoms with E-state index in [1.165, 1.54) is 0 Å². The third-order valence-electron chi connectivity index (χ3n) is 4.68. The first-order chi connectivity index (χ1) is 16.4. The van der Waals surface area contributed by atoms with Crippen LogP contribution < -0.4 is 10.1 Å². The average Bonchev–Trinajstić information content (AvgIpc) is 3.04. The summed E-state index contributed by atoms with van der Waals surface area (Å²) in [6.07, 6.45) is 3.41. The van der Waals surface area contributed by atoms with Gasteiger partial charge in [-0.25, -0.2) is 9.67 Å². The van der Waals surface area contributed by atoms with Crippen LogP contribution in [0.2, 0.25) is 25.7 Å². The highest BCUT2D eigenvalue weighted by molar-refractivity contribution is 9.10. The maximum absolute atomic E-state index is 11.7. The number of hydrogen-bond donors (Lipinski definition) is 1. The Morgan fingerprint density at radius 3 is 2.57 bits per heavy atom. The predicted octanol–water partition coefficient (Wildman–Crippen LogP) is 5.86. The zero-order valence-electron chi connectivity index (χ0n) is 21.5. The number of unbranched alkanes of at least 4 members (excludes halogenated alkanes) is 1. The molecule has 192 valence electrons. The highest BCUT2D eigenvalue weighted by atomic mass is 79.9. The Hall–Kier alpha value is -2.42. The average molecular weight is 567 g/mol. The molecule has 2 aromatic heterocycles. The predicted molar refractivity (Wildman–Crippen MR) is 141 cm³/mol. The zero-order chi connectivity index (χ0) is 26.1. The molecule has 0 aliphatic rings. The van der Waals surface area contributed by atoms with Crippen molar-refractivity contribution in [3.8, 4) is 11.8 Å². The number of halogens is 1. The molecule has 0 aliphatic carbocycles. The molecule has 2 rings (SSSR count). The van der Waals surface area contributed by atoms with Crippen molar-refractivity contribution in [3.05, 3.63) is 28.5 Å². The van der Waals surface area contributed by atoms with Crippen molar-refractivity contribution in [1.82, 2.24) is 14.8 Å². The lowest BCUT2D eigenvalue weighted by Crippen LogP contribution is -2.23. The van der Waals surface area contributed by atoms with Gasteiger partial charge in [0.1, 0.15) is 40.1 Å². The van der Waals surface area contributed by atoms with Gasteiger partial charge in [0.15, 0.2) is 5.82 Å². The van der Waals surface area contributed by atoms with Gasteiger partial charge in [-0.1, -0.05) is 19.6 Å². The summed E-state index contributed by atoms with van der Waals surface area (Å²) in [6, 6.07) is 6.79. The van der Waals surface area contributed by atoms with Gasteiger partial charge in [-0.15, -0.1) is 0 Å². The normalized spacial score (nSPS) is 11.7. The molecule has 0 fully saturated rings. The zero-order valence-corrected chi connectivity index (χ0v) is 24.1. The standard InChI is InChI=1S/C24H36BrN5O4Si/c1-24(2,3)34-21(31)9-7-8-12-33-18-10-11-20(27-16-18)28-23-19(15-26)22(25)29-30(23)17-32-13-14-35(4,5)6/h10-11,16H,7-9,12-14,17H2,1-6H3,(H,27,28). The van der Waals surface area contributed by atoms with Gasteiger partial charge < -0.3 is 19.5 Å². The number of nitrogens with zero attached hydrogens (tertiary/aromatic N) is 4. The molecule has 0 aromatic carbocycles. The van der Waals surface area contributed by atoms with E-state index in [9.17, 15) is 10.1 Å². The lowest BCUT2D eigenvalue weighted by atomic mass is 10.2. The molecular weight excluding hydrogens is 530 g/mol. The van der Waals surface area contributed by atoms with Gasteiger partial charge in [0, 0.05) is 21.1 Å². The van der Waals surface area contributed by atoms with Crippen molar-refractivity contribution < 1.29 is 19.0 Å². The number of nitrogens with one attached hydrogen (secondary N) is 1. The van der Waals surface area contributed by atoms with Crippen molar-refractivity contribution >= 4 is 41.6 Å². The number of hydrogen-bond acceptors (Lipinski definition) is 8. The number of esters is 1. The summed E-state index contributed by atoms with van der Waals surface area (Å²) in [5, 5.41) is 17.1. The summed E-state index contributed by atoms with van der Waals surface area (Å²) in [6.45, 7) is 13.8. The van der Waals surface area contributed by atoms with Crippen LogP contribution in [-0.4, -0.2) is 47.6 Å². The number of nitriles is 1. The number of anilines is 2. The first-order valence-electron chi connectivity index (χ1n) is 11.7. The van der Waals surface area contributed by atoms with Crippen LogP contribution in [0.5, 0.6) is 5.75 Å². The maximum atomic E-state index is 11.7. The van der Waals surface area contributed by atoms with Crippen molar-refractivity contribution in [3.63, 3.8) is 0 Å². The second-order valence-corrected chi connectivity index (χ2v) is 16.7. The van der Waals surface area contributed by atoms with Crippen LogP contribution in [0.1, 0.15) is 45.6 Å². The molecule has 0 saturated carbocycles. The number of ether oxygens (including phenoxy) is 3. The summed E-state index contributed by atoms with van der Waals surface area (Å²) < 4.78 is 18.9. The third-order valence-corrected chi connectivity index (χ3v) is 6.94. The lowest BCUT2D eigenvalue weighted by molar-refractivity contribution is -0.154. The van der Waals surface area contributed by atoms with Crippen LogP contribution in [0, 0.1) is 11.3 Å². The molecule has 2 heterocycles. The van der Waals surface area contributed by atoms with E-state index in [1.54, 1.807) is 23.0 Å². The van der Waals surface area contributed by atoms with E-state index >= 15 is 0 Å². The minimum absolute atomic E-state index is 0.196. The number of carbonyl (C=O) groups is 1. The molecule has 9 nitrogen and oxygen atoms in total. The van der Waals surface area contributed by atoms with Crippen LogP contribution in [0.25, 0.3) is 0 Å². The molecule has 0 spiro atoms. The Bertz CT molecular complexity index is 1010. The quantitative estimate of drug-likeness (QED) is 0.182. The largest absolute Gasteiger partial charge is 0.492 e. The van der Waals surface area contributed by atoms with Gasteiger partial charge in [0.2, 0.25) is 0 Å². The van der Waals surface area contributed by atoms with E-state index in [1.807, 2.05) is 20.8 Å². The van der Waals surface area contributed by atoms with Crippen LogP contribution in [0.4, 0.5) is 11.6 Å². The van der Waals surface area contributed by atoms with Gasteiger partial charge in [-0.2, -0.15) is 10.4 Å². The summed E-state index contributed by atoms with van der Waals surface area (Å²) in [4.78, 5) is 16.1. The van der Waals surface area contributed by atoms with Gasteiger partial charge >= 0.3 is 5.97 Å². The van der Waals surface area contributed by atoms with Gasteiger partial charge in [-0.3, -0.25) is 4.79 Å². The van der Waals surface area contributed by atoms with Crippen LogP contribution in [-0.2, 0) is 21.0 Å². The first-order valence-corrected chi connectivity index (χ1v) is 16.2. The Morgan fingerprint density at radius 1 is 1.23 bits per heavy atom.